The fraction of sp³-hybridized carbons (Fsp3) is 0.619. The van der Waals surface area contributed by atoms with Gasteiger partial charge in [-0.2, -0.15) is 0 Å². The minimum Gasteiger partial charge on any atom is -0.467 e. The van der Waals surface area contributed by atoms with Crippen LogP contribution in [-0.2, 0) is 20.7 Å². The van der Waals surface area contributed by atoms with Crippen LogP contribution in [0.4, 0.5) is 4.79 Å². The van der Waals surface area contributed by atoms with Gasteiger partial charge in [-0.3, -0.25) is 0 Å². The molecule has 1 aromatic carbocycles. The van der Waals surface area contributed by atoms with Gasteiger partial charge >= 0.3 is 12.1 Å². The number of benzene rings is 1. The predicted molar refractivity (Wildman–Crippen MR) is 112 cm³/mol. The quantitative estimate of drug-likeness (QED) is 0.535. The number of carbonyl (C=O) groups is 2. The Hall–Kier alpha value is -1.82. The van der Waals surface area contributed by atoms with Crippen molar-refractivity contribution in [1.29, 1.82) is 0 Å². The zero-order chi connectivity index (χ0) is 20.7. The molecule has 0 fully saturated rings. The summed E-state index contributed by atoms with van der Waals surface area (Å²) in [6, 6.07) is 11.4. The Morgan fingerprint density at radius 3 is 1.96 bits per heavy atom. The molecule has 0 radical (unpaired) electrons. The van der Waals surface area contributed by atoms with E-state index in [1.165, 1.54) is 30.4 Å². The Morgan fingerprint density at radius 2 is 1.56 bits per heavy atom. The number of alkyl carbamates (subject to hydrolysis) is 1. The van der Waals surface area contributed by atoms with Gasteiger partial charge in [-0.05, 0) is 26.3 Å². The first-order valence-electron chi connectivity index (χ1n) is 9.77. The van der Waals surface area contributed by atoms with Crippen molar-refractivity contribution < 1.29 is 19.1 Å². The van der Waals surface area contributed by atoms with E-state index in [1.807, 2.05) is 0 Å². The highest BCUT2D eigenvalue weighted by Crippen LogP contribution is 2.20. The van der Waals surface area contributed by atoms with E-state index in [-0.39, 0.29) is 0 Å². The molecule has 27 heavy (non-hydrogen) atoms. The summed E-state index contributed by atoms with van der Waals surface area (Å²) >= 11 is 0. The number of esters is 1. The number of hydrogen-bond donors (Lipinski definition) is 1. The maximum Gasteiger partial charge on any atom is 0.408 e. The van der Waals surface area contributed by atoms with Gasteiger partial charge in [-0.25, -0.2) is 9.59 Å². The van der Waals surface area contributed by atoms with Gasteiger partial charge in [0.15, 0.2) is 0 Å². The molecule has 0 spiro atoms. The number of ether oxygens (including phenoxy) is 2. The van der Waals surface area contributed by atoms with E-state index >= 15 is 0 Å². The van der Waals surface area contributed by atoms with Crippen LogP contribution >= 0.6 is 0 Å². The fourth-order valence-corrected chi connectivity index (χ4v) is 6.98. The standard InChI is InChI=1S/C21H35NO4Si/c1-8-27(9-2,10-3)17-13-11-16(12-14-17)15-18(19(23)25-7)22-20(24)26-21(4,5)6/h11-14,18H,8-10,15H2,1-7H3,(H,22,24)/t18-/m0/s1. The molecule has 0 saturated carbocycles. The van der Waals surface area contributed by atoms with Gasteiger partial charge in [0.1, 0.15) is 11.6 Å². The summed E-state index contributed by atoms with van der Waals surface area (Å²) in [5.74, 6) is -0.482. The van der Waals surface area contributed by atoms with Crippen LogP contribution in [0.1, 0.15) is 47.1 Å². The normalized spacial score (nSPS) is 13.0. The third-order valence-electron chi connectivity index (χ3n) is 5.21. The molecule has 0 bridgehead atoms. The highest BCUT2D eigenvalue weighted by atomic mass is 28.3. The summed E-state index contributed by atoms with van der Waals surface area (Å²) in [6.45, 7) is 12.2. The predicted octanol–water partition coefficient (Wildman–Crippen LogP) is 4.01. The van der Waals surface area contributed by atoms with E-state index < -0.39 is 31.8 Å². The van der Waals surface area contributed by atoms with E-state index in [2.05, 4.69) is 50.4 Å². The zero-order valence-electron chi connectivity index (χ0n) is 17.8. The Kier molecular flexibility index (Phi) is 8.53. The van der Waals surface area contributed by atoms with E-state index in [0.29, 0.717) is 6.42 Å². The second-order valence-corrected chi connectivity index (χ2v) is 13.2. The largest absolute Gasteiger partial charge is 0.467 e. The van der Waals surface area contributed by atoms with Crippen LogP contribution in [0.5, 0.6) is 0 Å². The lowest BCUT2D eigenvalue weighted by atomic mass is 10.1. The van der Waals surface area contributed by atoms with E-state index in [0.717, 1.165) is 5.56 Å². The molecule has 0 aliphatic heterocycles. The number of carbonyl (C=O) groups excluding carboxylic acids is 2. The molecular formula is C21H35NO4Si. The van der Waals surface area contributed by atoms with Crippen LogP contribution in [0.3, 0.4) is 0 Å². The van der Waals surface area contributed by atoms with Crippen LogP contribution < -0.4 is 10.5 Å². The first-order valence-corrected chi connectivity index (χ1v) is 12.4. The molecule has 1 atom stereocenters. The second-order valence-electron chi connectivity index (χ2n) is 7.96. The first-order chi connectivity index (χ1) is 12.6. The molecule has 0 aromatic heterocycles. The summed E-state index contributed by atoms with van der Waals surface area (Å²) in [7, 11) is -0.101. The Morgan fingerprint density at radius 1 is 1.04 bits per heavy atom. The average Bonchev–Trinajstić information content (AvgIpc) is 2.62. The SMILES string of the molecule is CC[Si](CC)(CC)c1ccc(C[C@H](NC(=O)OC(C)(C)C)C(=O)OC)cc1. The molecule has 0 saturated heterocycles. The molecule has 6 heteroatoms. The topological polar surface area (TPSA) is 64.6 Å². The maximum atomic E-state index is 12.1. The van der Waals surface area contributed by atoms with Crippen LogP contribution in [-0.4, -0.2) is 38.9 Å². The van der Waals surface area contributed by atoms with Gasteiger partial charge in [0, 0.05) is 6.42 Å². The van der Waals surface area contributed by atoms with Gasteiger partial charge in [-0.1, -0.05) is 68.4 Å². The van der Waals surface area contributed by atoms with Crippen LogP contribution in [0.15, 0.2) is 24.3 Å². The van der Waals surface area contributed by atoms with Crippen molar-refractivity contribution in [2.45, 2.75) is 77.7 Å². The Labute approximate surface area is 164 Å². The molecular weight excluding hydrogens is 358 g/mol. The summed E-state index contributed by atoms with van der Waals surface area (Å²) in [5, 5.41) is 4.08. The molecule has 1 N–H and O–H groups in total. The van der Waals surface area contributed by atoms with Crippen molar-refractivity contribution in [3.05, 3.63) is 29.8 Å². The van der Waals surface area contributed by atoms with Crippen molar-refractivity contribution in [2.24, 2.45) is 0 Å². The van der Waals surface area contributed by atoms with Crippen LogP contribution in [0.25, 0.3) is 0 Å². The molecule has 0 aliphatic carbocycles. The average molecular weight is 394 g/mol. The van der Waals surface area contributed by atoms with Gasteiger partial charge in [0.2, 0.25) is 0 Å². The Balaban J connectivity index is 2.93. The monoisotopic (exact) mass is 393 g/mol. The summed E-state index contributed by atoms with van der Waals surface area (Å²) in [5.41, 5.74) is 0.359. The number of methoxy groups -OCH3 is 1. The lowest BCUT2D eigenvalue weighted by Gasteiger charge is -2.29. The van der Waals surface area contributed by atoms with Crippen LogP contribution in [0, 0.1) is 0 Å². The summed E-state index contributed by atoms with van der Waals surface area (Å²) in [4.78, 5) is 24.1. The van der Waals surface area contributed by atoms with Crippen molar-refractivity contribution in [1.82, 2.24) is 5.32 Å². The lowest BCUT2D eigenvalue weighted by Crippen LogP contribution is -2.46. The van der Waals surface area contributed by atoms with Gasteiger partial charge in [0.25, 0.3) is 0 Å². The van der Waals surface area contributed by atoms with E-state index in [4.69, 9.17) is 9.47 Å². The number of hydrogen-bond acceptors (Lipinski definition) is 4. The molecule has 0 unspecified atom stereocenters. The molecule has 1 rings (SSSR count). The smallest absolute Gasteiger partial charge is 0.408 e. The number of amides is 1. The third-order valence-corrected chi connectivity index (χ3v) is 10.8. The minimum atomic E-state index is -1.42. The molecule has 152 valence electrons. The number of nitrogens with one attached hydrogen (secondary N) is 1. The summed E-state index contributed by atoms with van der Waals surface area (Å²) < 4.78 is 10.1. The van der Waals surface area contributed by atoms with Crippen molar-refractivity contribution >= 4 is 25.3 Å². The molecule has 5 nitrogen and oxygen atoms in total. The first kappa shape index (κ1) is 23.2. The molecule has 1 aromatic rings. The highest BCUT2D eigenvalue weighted by Gasteiger charge is 2.29. The lowest BCUT2D eigenvalue weighted by molar-refractivity contribution is -0.143. The summed E-state index contributed by atoms with van der Waals surface area (Å²) in [6.07, 6.45) is -0.255. The van der Waals surface area contributed by atoms with Crippen LogP contribution in [0.2, 0.25) is 18.1 Å². The van der Waals surface area contributed by atoms with Crippen molar-refractivity contribution in [2.75, 3.05) is 7.11 Å². The minimum absolute atomic E-state index is 0.366. The van der Waals surface area contributed by atoms with E-state index in [9.17, 15) is 9.59 Å². The third kappa shape index (κ3) is 6.68. The second kappa shape index (κ2) is 9.92. The Bertz CT molecular complexity index is 610. The van der Waals surface area contributed by atoms with E-state index in [1.54, 1.807) is 20.8 Å². The highest BCUT2D eigenvalue weighted by molar-refractivity contribution is 6.91. The molecule has 0 aliphatic rings. The van der Waals surface area contributed by atoms with Gasteiger partial charge in [-0.15, -0.1) is 0 Å². The number of rotatable bonds is 8. The van der Waals surface area contributed by atoms with Crippen molar-refractivity contribution in [3.8, 4) is 0 Å². The fourth-order valence-electron chi connectivity index (χ4n) is 3.38. The maximum absolute atomic E-state index is 12.1. The van der Waals surface area contributed by atoms with Gasteiger partial charge < -0.3 is 14.8 Å². The molecule has 1 amide bonds. The zero-order valence-corrected chi connectivity index (χ0v) is 18.8. The van der Waals surface area contributed by atoms with Crippen molar-refractivity contribution in [3.63, 3.8) is 0 Å². The molecule has 0 heterocycles. The van der Waals surface area contributed by atoms with Gasteiger partial charge in [0.05, 0.1) is 15.2 Å².